The Kier molecular flexibility index (Phi) is 4.66. The topological polar surface area (TPSA) is 23.6 Å². The van der Waals surface area contributed by atoms with E-state index in [-0.39, 0.29) is 11.6 Å². The highest BCUT2D eigenvalue weighted by atomic mass is 19.1. The number of aryl methyl sites for hydroxylation is 1. The Balaban J connectivity index is 1.85. The van der Waals surface area contributed by atoms with Gasteiger partial charge in [0.25, 0.3) is 0 Å². The van der Waals surface area contributed by atoms with Crippen LogP contribution in [0, 0.1) is 12.7 Å². The first-order valence-electron chi connectivity index (χ1n) is 6.76. The number of ketones is 1. The lowest BCUT2D eigenvalue weighted by Gasteiger charge is -2.32. The number of hydrogen-bond donors (Lipinski definition) is 0. The number of carbonyl (C=O) groups is 1. The van der Waals surface area contributed by atoms with Gasteiger partial charge < -0.3 is 9.80 Å². The van der Waals surface area contributed by atoms with Crippen LogP contribution in [0.15, 0.2) is 18.2 Å². The number of likely N-dealkylation sites (N-methyl/N-ethyl adjacent to an activating group) is 1. The molecule has 0 atom stereocenters. The molecule has 0 radical (unpaired) electrons. The van der Waals surface area contributed by atoms with E-state index in [4.69, 9.17) is 0 Å². The van der Waals surface area contributed by atoms with Crippen molar-refractivity contribution in [1.82, 2.24) is 9.80 Å². The molecule has 1 aromatic carbocycles. The Morgan fingerprint density at radius 3 is 2.58 bits per heavy atom. The van der Waals surface area contributed by atoms with Gasteiger partial charge in [0.05, 0.1) is 0 Å². The summed E-state index contributed by atoms with van der Waals surface area (Å²) in [6.45, 7) is 6.58. The fourth-order valence-electron chi connectivity index (χ4n) is 2.24. The molecule has 1 aliphatic heterocycles. The van der Waals surface area contributed by atoms with Gasteiger partial charge >= 0.3 is 0 Å². The molecule has 1 fully saturated rings. The zero-order valence-electron chi connectivity index (χ0n) is 11.7. The molecule has 0 aromatic heterocycles. The lowest BCUT2D eigenvalue weighted by molar-refractivity contribution is 0.0941. The van der Waals surface area contributed by atoms with Crippen molar-refractivity contribution in [3.8, 4) is 0 Å². The molecule has 0 saturated carbocycles. The van der Waals surface area contributed by atoms with Crippen molar-refractivity contribution in [1.29, 1.82) is 0 Å². The Morgan fingerprint density at radius 2 is 1.95 bits per heavy atom. The molecule has 4 heteroatoms. The van der Waals surface area contributed by atoms with Crippen LogP contribution in [-0.4, -0.2) is 55.4 Å². The van der Waals surface area contributed by atoms with Crippen LogP contribution in [0.25, 0.3) is 0 Å². The second kappa shape index (κ2) is 6.26. The van der Waals surface area contributed by atoms with E-state index < -0.39 is 0 Å². The van der Waals surface area contributed by atoms with E-state index in [0.717, 1.165) is 32.7 Å². The van der Waals surface area contributed by atoms with E-state index in [1.54, 1.807) is 19.1 Å². The van der Waals surface area contributed by atoms with Crippen LogP contribution >= 0.6 is 0 Å². The third-order valence-corrected chi connectivity index (χ3v) is 3.74. The maximum absolute atomic E-state index is 13.4. The molecular formula is C15H21FN2O. The van der Waals surface area contributed by atoms with Gasteiger partial charge in [-0.3, -0.25) is 4.79 Å². The molecular weight excluding hydrogens is 243 g/mol. The van der Waals surface area contributed by atoms with Gasteiger partial charge in [0, 0.05) is 44.7 Å². The number of carbonyl (C=O) groups excluding carboxylic acids is 1. The monoisotopic (exact) mass is 264 g/mol. The molecule has 0 unspecified atom stereocenters. The highest BCUT2D eigenvalue weighted by molar-refractivity contribution is 5.96. The zero-order chi connectivity index (χ0) is 13.8. The molecule has 0 aliphatic carbocycles. The lowest BCUT2D eigenvalue weighted by atomic mass is 10.1. The first-order valence-corrected chi connectivity index (χ1v) is 6.76. The van der Waals surface area contributed by atoms with Crippen LogP contribution in [0.2, 0.25) is 0 Å². The van der Waals surface area contributed by atoms with Gasteiger partial charge in [-0.25, -0.2) is 4.39 Å². The summed E-state index contributed by atoms with van der Waals surface area (Å²) in [6, 6.07) is 4.73. The highest BCUT2D eigenvalue weighted by Gasteiger charge is 2.15. The Hall–Kier alpha value is -1.26. The van der Waals surface area contributed by atoms with Gasteiger partial charge in [0.2, 0.25) is 0 Å². The third kappa shape index (κ3) is 3.85. The average molecular weight is 264 g/mol. The molecule has 1 saturated heterocycles. The minimum Gasteiger partial charge on any atom is -0.304 e. The number of piperazine rings is 1. The maximum atomic E-state index is 13.4. The summed E-state index contributed by atoms with van der Waals surface area (Å²) in [5, 5.41) is 0. The van der Waals surface area contributed by atoms with Gasteiger partial charge in [0.1, 0.15) is 5.82 Å². The number of Topliss-reactive ketones (excluding diaryl/α,β-unsaturated/α-hetero) is 1. The molecule has 1 heterocycles. The summed E-state index contributed by atoms with van der Waals surface area (Å²) >= 11 is 0. The summed E-state index contributed by atoms with van der Waals surface area (Å²) < 4.78 is 13.4. The van der Waals surface area contributed by atoms with Gasteiger partial charge in [-0.05, 0) is 25.6 Å². The summed E-state index contributed by atoms with van der Waals surface area (Å²) in [6.07, 6.45) is 0.464. The molecule has 0 bridgehead atoms. The van der Waals surface area contributed by atoms with Crippen LogP contribution in [0.5, 0.6) is 0 Å². The SMILES string of the molecule is Cc1ccc(C(=O)CCN2CCN(C)CC2)cc1F. The van der Waals surface area contributed by atoms with Crippen molar-refractivity contribution in [2.45, 2.75) is 13.3 Å². The molecule has 1 aliphatic rings. The highest BCUT2D eigenvalue weighted by Crippen LogP contribution is 2.11. The summed E-state index contributed by atoms with van der Waals surface area (Å²) in [5.74, 6) is -0.275. The van der Waals surface area contributed by atoms with Crippen LogP contribution in [0.1, 0.15) is 22.3 Å². The molecule has 0 spiro atoms. The number of nitrogens with zero attached hydrogens (tertiary/aromatic N) is 2. The number of halogens is 1. The van der Waals surface area contributed by atoms with Gasteiger partial charge in [-0.2, -0.15) is 0 Å². The third-order valence-electron chi connectivity index (χ3n) is 3.74. The Bertz CT molecular complexity index is 453. The van der Waals surface area contributed by atoms with Crippen LogP contribution in [-0.2, 0) is 0 Å². The fraction of sp³-hybridized carbons (Fsp3) is 0.533. The first kappa shape index (κ1) is 14.2. The van der Waals surface area contributed by atoms with E-state index in [9.17, 15) is 9.18 Å². The smallest absolute Gasteiger partial charge is 0.164 e. The molecule has 2 rings (SSSR count). The van der Waals surface area contributed by atoms with Crippen molar-refractivity contribution in [2.24, 2.45) is 0 Å². The van der Waals surface area contributed by atoms with E-state index in [2.05, 4.69) is 16.8 Å². The van der Waals surface area contributed by atoms with E-state index in [1.165, 1.54) is 6.07 Å². The second-order valence-corrected chi connectivity index (χ2v) is 5.28. The Morgan fingerprint density at radius 1 is 1.26 bits per heavy atom. The van der Waals surface area contributed by atoms with Crippen molar-refractivity contribution in [3.05, 3.63) is 35.1 Å². The van der Waals surface area contributed by atoms with E-state index >= 15 is 0 Å². The first-order chi connectivity index (χ1) is 9.06. The minimum atomic E-state index is -0.301. The van der Waals surface area contributed by atoms with Crippen LogP contribution < -0.4 is 0 Å². The lowest BCUT2D eigenvalue weighted by Crippen LogP contribution is -2.45. The van der Waals surface area contributed by atoms with Gasteiger partial charge in [0.15, 0.2) is 5.78 Å². The molecule has 0 N–H and O–H groups in total. The molecule has 104 valence electrons. The minimum absolute atomic E-state index is 0.0258. The van der Waals surface area contributed by atoms with Gasteiger partial charge in [-0.15, -0.1) is 0 Å². The van der Waals surface area contributed by atoms with Crippen LogP contribution in [0.3, 0.4) is 0 Å². The van der Waals surface area contributed by atoms with Crippen molar-refractivity contribution < 1.29 is 9.18 Å². The second-order valence-electron chi connectivity index (χ2n) is 5.28. The number of hydrogen-bond acceptors (Lipinski definition) is 3. The average Bonchev–Trinajstić information content (AvgIpc) is 2.41. The van der Waals surface area contributed by atoms with Crippen LogP contribution in [0.4, 0.5) is 4.39 Å². The molecule has 1 aromatic rings. The standard InChI is InChI=1S/C15H21FN2O/c1-12-3-4-13(11-14(12)16)15(19)5-6-18-9-7-17(2)8-10-18/h3-4,11H,5-10H2,1-2H3. The van der Waals surface area contributed by atoms with Gasteiger partial charge in [-0.1, -0.05) is 12.1 Å². The number of rotatable bonds is 4. The van der Waals surface area contributed by atoms with Crippen molar-refractivity contribution in [3.63, 3.8) is 0 Å². The van der Waals surface area contributed by atoms with E-state index in [0.29, 0.717) is 17.5 Å². The Labute approximate surface area is 114 Å². The summed E-state index contributed by atoms with van der Waals surface area (Å²) in [5.41, 5.74) is 1.06. The number of benzene rings is 1. The predicted molar refractivity (Wildman–Crippen MR) is 74.0 cm³/mol. The van der Waals surface area contributed by atoms with E-state index in [1.807, 2.05) is 0 Å². The summed E-state index contributed by atoms with van der Waals surface area (Å²) in [7, 11) is 2.11. The van der Waals surface area contributed by atoms with Crippen molar-refractivity contribution in [2.75, 3.05) is 39.8 Å². The normalized spacial score (nSPS) is 17.6. The van der Waals surface area contributed by atoms with Crippen molar-refractivity contribution >= 4 is 5.78 Å². The molecule has 0 amide bonds. The largest absolute Gasteiger partial charge is 0.304 e. The zero-order valence-corrected chi connectivity index (χ0v) is 11.7. The molecule has 19 heavy (non-hydrogen) atoms. The predicted octanol–water partition coefficient (Wildman–Crippen LogP) is 1.95. The molecule has 3 nitrogen and oxygen atoms in total. The summed E-state index contributed by atoms with van der Waals surface area (Å²) in [4.78, 5) is 16.6. The quantitative estimate of drug-likeness (QED) is 0.777. The maximum Gasteiger partial charge on any atom is 0.164 e. The fourth-order valence-corrected chi connectivity index (χ4v) is 2.24.